The van der Waals surface area contributed by atoms with E-state index in [1.54, 1.807) is 69.2 Å². The van der Waals surface area contributed by atoms with Gasteiger partial charge in [0.2, 0.25) is 21.8 Å². The van der Waals surface area contributed by atoms with E-state index in [2.05, 4.69) is 53.7 Å². The minimum absolute atomic E-state index is 0.0245. The van der Waals surface area contributed by atoms with Crippen LogP contribution in [-0.4, -0.2) is 89.8 Å². The molecule has 3 fully saturated rings. The monoisotopic (exact) mass is 1030 g/mol. The van der Waals surface area contributed by atoms with Gasteiger partial charge in [0.1, 0.15) is 45.8 Å². The number of thiazole rings is 1. The zero-order valence-electron chi connectivity index (χ0n) is 43.8. The first kappa shape index (κ1) is 54.1. The van der Waals surface area contributed by atoms with Gasteiger partial charge in [0.05, 0.1) is 24.1 Å². The molecule has 15 nitrogen and oxygen atoms in total. The molecule has 0 radical (unpaired) electrons. The first-order valence-corrected chi connectivity index (χ1v) is 27.8. The standard InChI is InChI=1S/C55H74N6O9S2/c1-12-34(4)42(49-58-44(32-71-49)33(2)3)29-47(41-23-24-46(68-11)36(6)35(41)5)69-40-28-45-48(62)59-55(51(64)60-72(66,67)54(10)25-26-54)30-37(55)19-16-14-13-15-17-22-43(50(63)61(45)31-40)56-38-20-18-21-39(27-38)57-52(65)70-53(7,8)9/h16,18-21,23-24,27,29,32-33,37,40,43,45,56H,12-15,17,22,25-26,28,30-31H2,1-11H3,(H,57,65)(H,59,62)(H,60,64). The molecule has 4 N–H and O–H groups in total. The summed E-state index contributed by atoms with van der Waals surface area (Å²) in [5.74, 6) is -0.673. The number of rotatable bonds is 14. The maximum atomic E-state index is 15.4. The Kier molecular flexibility index (Phi) is 16.4. The molecule has 72 heavy (non-hydrogen) atoms. The summed E-state index contributed by atoms with van der Waals surface area (Å²) < 4.78 is 46.6. The molecule has 2 aliphatic carbocycles. The van der Waals surface area contributed by atoms with Crippen LogP contribution in [0.15, 0.2) is 65.6 Å². The zero-order valence-corrected chi connectivity index (χ0v) is 45.5. The van der Waals surface area contributed by atoms with Gasteiger partial charge in [0.25, 0.3) is 5.91 Å². The molecular weight excluding hydrogens is 953 g/mol. The smallest absolute Gasteiger partial charge is 0.412 e. The van der Waals surface area contributed by atoms with Crippen LogP contribution in [0.25, 0.3) is 11.3 Å². The second-order valence-corrected chi connectivity index (χ2v) is 24.5. The number of sulfonamides is 1. The molecule has 7 rings (SSSR count). The third kappa shape index (κ3) is 12.4. The third-order valence-electron chi connectivity index (χ3n) is 14.4. The van der Waals surface area contributed by atoms with Crippen molar-refractivity contribution < 1.29 is 41.8 Å². The minimum Gasteiger partial charge on any atom is -0.496 e. The van der Waals surface area contributed by atoms with E-state index >= 15 is 9.59 Å². The van der Waals surface area contributed by atoms with Crippen LogP contribution in [-0.2, 0) is 33.9 Å². The Morgan fingerprint density at radius 1 is 1.06 bits per heavy atom. The van der Waals surface area contributed by atoms with Gasteiger partial charge in [-0.3, -0.25) is 24.4 Å². The average Bonchev–Trinajstić information content (AvgIpc) is 4.09. The van der Waals surface area contributed by atoms with Crippen molar-refractivity contribution in [3.8, 4) is 5.75 Å². The van der Waals surface area contributed by atoms with Crippen LogP contribution in [0.2, 0.25) is 0 Å². The molecule has 4 aliphatic rings. The molecule has 5 atom stereocenters. The lowest BCUT2D eigenvalue weighted by molar-refractivity contribution is -0.140. The number of anilines is 2. The van der Waals surface area contributed by atoms with E-state index in [1.165, 1.54) is 0 Å². The number of hydrogen-bond donors (Lipinski definition) is 4. The molecule has 0 spiro atoms. The highest BCUT2D eigenvalue weighted by molar-refractivity contribution is 7.91. The maximum absolute atomic E-state index is 15.4. The number of nitrogens with zero attached hydrogens (tertiary/aromatic N) is 2. The molecule has 4 amide bonds. The number of allylic oxidation sites excluding steroid dienone is 4. The van der Waals surface area contributed by atoms with Crippen molar-refractivity contribution in [3.05, 3.63) is 93.0 Å². The van der Waals surface area contributed by atoms with E-state index < -0.39 is 67.9 Å². The molecular formula is C55H74N6O9S2. The first-order chi connectivity index (χ1) is 34.0. The predicted molar refractivity (Wildman–Crippen MR) is 284 cm³/mol. The molecule has 2 aliphatic heterocycles. The SMILES string of the molecule is CCC(C)=C(C=C(OC1CC2C(=O)NC3(C(=O)NS(=O)(=O)C4(C)CC4)CC3C=CCCCCCC(Nc3cccc(NC(=O)OC(C)(C)C)c3)C(=O)N2C1)c1ccc(OC)c(C)c1C)c1nc(C(C)C)cs1. The van der Waals surface area contributed by atoms with Crippen molar-refractivity contribution in [3.63, 3.8) is 0 Å². The molecule has 5 unspecified atom stereocenters. The van der Waals surface area contributed by atoms with Gasteiger partial charge < -0.3 is 29.7 Å². The number of aromatic nitrogens is 1. The fourth-order valence-electron chi connectivity index (χ4n) is 9.26. The van der Waals surface area contributed by atoms with E-state index in [-0.39, 0.29) is 31.2 Å². The van der Waals surface area contributed by atoms with Crippen molar-refractivity contribution in [2.45, 2.75) is 173 Å². The van der Waals surface area contributed by atoms with Crippen molar-refractivity contribution in [1.82, 2.24) is 19.9 Å². The van der Waals surface area contributed by atoms with E-state index in [4.69, 9.17) is 19.2 Å². The van der Waals surface area contributed by atoms with E-state index in [1.807, 2.05) is 50.3 Å². The minimum atomic E-state index is -4.03. The third-order valence-corrected chi connectivity index (χ3v) is 17.5. The summed E-state index contributed by atoms with van der Waals surface area (Å²) in [7, 11) is -2.40. The second kappa shape index (κ2) is 21.8. The van der Waals surface area contributed by atoms with Crippen LogP contribution in [0, 0.1) is 19.8 Å². The van der Waals surface area contributed by atoms with Crippen molar-refractivity contribution in [1.29, 1.82) is 0 Å². The maximum Gasteiger partial charge on any atom is 0.412 e. The van der Waals surface area contributed by atoms with Crippen LogP contribution in [0.4, 0.5) is 16.2 Å². The highest BCUT2D eigenvalue weighted by atomic mass is 32.2. The number of nitrogens with one attached hydrogen (secondary N) is 4. The Balaban J connectivity index is 1.28. The predicted octanol–water partition coefficient (Wildman–Crippen LogP) is 10.3. The molecule has 1 saturated heterocycles. The van der Waals surface area contributed by atoms with Gasteiger partial charge in [-0.15, -0.1) is 11.3 Å². The number of benzene rings is 2. The molecule has 2 saturated carbocycles. The summed E-state index contributed by atoms with van der Waals surface area (Å²) in [6.07, 6.45) is 9.93. The Hall–Kier alpha value is -5.68. The summed E-state index contributed by atoms with van der Waals surface area (Å²) in [4.78, 5) is 64.1. The number of ether oxygens (including phenoxy) is 3. The van der Waals surface area contributed by atoms with Gasteiger partial charge in [-0.1, -0.05) is 57.4 Å². The van der Waals surface area contributed by atoms with Gasteiger partial charge in [0.15, 0.2) is 0 Å². The van der Waals surface area contributed by atoms with Crippen LogP contribution in [0.3, 0.4) is 0 Å². The highest BCUT2D eigenvalue weighted by Crippen LogP contribution is 2.48. The number of methoxy groups -OCH3 is 1. The van der Waals surface area contributed by atoms with Crippen molar-refractivity contribution >= 4 is 67.9 Å². The fraction of sp³-hybridized carbons (Fsp3) is 0.545. The van der Waals surface area contributed by atoms with E-state index in [0.29, 0.717) is 49.2 Å². The topological polar surface area (TPSA) is 194 Å². The van der Waals surface area contributed by atoms with Crippen LogP contribution < -0.4 is 25.4 Å². The van der Waals surface area contributed by atoms with Crippen LogP contribution in [0.5, 0.6) is 5.75 Å². The summed E-state index contributed by atoms with van der Waals surface area (Å²) in [5, 5.41) is 12.2. The highest BCUT2D eigenvalue weighted by Gasteiger charge is 2.63. The lowest BCUT2D eigenvalue weighted by Gasteiger charge is -2.30. The van der Waals surface area contributed by atoms with E-state index in [0.717, 1.165) is 63.6 Å². The van der Waals surface area contributed by atoms with E-state index in [9.17, 15) is 18.0 Å². The van der Waals surface area contributed by atoms with Gasteiger partial charge >= 0.3 is 6.09 Å². The largest absolute Gasteiger partial charge is 0.496 e. The Morgan fingerprint density at radius 2 is 1.79 bits per heavy atom. The molecule has 1 aromatic heterocycles. The number of fused-ring (bicyclic) bond motifs is 2. The number of carbonyl (C=O) groups excluding carboxylic acids is 4. The van der Waals surface area contributed by atoms with Crippen molar-refractivity contribution in [2.24, 2.45) is 5.92 Å². The number of carbonyl (C=O) groups is 4. The summed E-state index contributed by atoms with van der Waals surface area (Å²) in [6, 6.07) is 8.99. The Labute approximate surface area is 430 Å². The second-order valence-electron chi connectivity index (χ2n) is 21.5. The van der Waals surface area contributed by atoms with Gasteiger partial charge in [-0.2, -0.15) is 0 Å². The Bertz CT molecular complexity index is 2750. The molecule has 17 heteroatoms. The first-order valence-electron chi connectivity index (χ1n) is 25.4. The summed E-state index contributed by atoms with van der Waals surface area (Å²) >= 11 is 1.57. The van der Waals surface area contributed by atoms with Crippen molar-refractivity contribution in [2.75, 3.05) is 24.3 Å². The van der Waals surface area contributed by atoms with Gasteiger partial charge in [-0.25, -0.2) is 18.2 Å². The van der Waals surface area contributed by atoms with Crippen LogP contribution in [0.1, 0.15) is 153 Å². The molecule has 2 aromatic carbocycles. The van der Waals surface area contributed by atoms with Gasteiger partial charge in [-0.05, 0) is 147 Å². The summed E-state index contributed by atoms with van der Waals surface area (Å²) in [5.41, 5.74) is 4.47. The summed E-state index contributed by atoms with van der Waals surface area (Å²) in [6.45, 7) is 19.4. The quantitative estimate of drug-likeness (QED) is 0.0682. The molecule has 390 valence electrons. The van der Waals surface area contributed by atoms with Gasteiger partial charge in [0, 0.05) is 40.2 Å². The zero-order chi connectivity index (χ0) is 52.3. The van der Waals surface area contributed by atoms with Crippen LogP contribution >= 0.6 is 11.3 Å². The molecule has 3 heterocycles. The average molecular weight is 1030 g/mol. The molecule has 0 bridgehead atoms. The Morgan fingerprint density at radius 3 is 2.46 bits per heavy atom. The lowest BCUT2D eigenvalue weighted by atomic mass is 9.98. The molecule has 3 aromatic rings. The lowest BCUT2D eigenvalue weighted by Crippen LogP contribution is -2.58. The fourth-order valence-corrected chi connectivity index (χ4v) is 11.6. The number of amides is 4. The normalized spacial score (nSPS) is 23.9. The number of hydrogen-bond acceptors (Lipinski definition) is 12.